The van der Waals surface area contributed by atoms with Gasteiger partial charge in [-0.3, -0.25) is 14.3 Å². The van der Waals surface area contributed by atoms with Crippen molar-refractivity contribution in [3.8, 4) is 17.5 Å². The second-order valence-corrected chi connectivity index (χ2v) is 7.36. The maximum atomic E-state index is 12.7. The topological polar surface area (TPSA) is 96.5 Å². The van der Waals surface area contributed by atoms with Crippen molar-refractivity contribution in [3.05, 3.63) is 50.7 Å². The SMILES string of the molecule is CCCCn1c(=O)[nH]c(=O)c2c1nc(-c1ccccc1C#N)n2CCC(C)C. The molecule has 28 heavy (non-hydrogen) atoms. The van der Waals surface area contributed by atoms with E-state index in [0.717, 1.165) is 19.3 Å². The molecule has 0 radical (unpaired) electrons. The van der Waals surface area contributed by atoms with E-state index < -0.39 is 11.2 Å². The van der Waals surface area contributed by atoms with E-state index in [-0.39, 0.29) is 0 Å². The van der Waals surface area contributed by atoms with Gasteiger partial charge >= 0.3 is 5.69 Å². The Morgan fingerprint density at radius 3 is 2.61 bits per heavy atom. The fourth-order valence-electron chi connectivity index (χ4n) is 3.28. The number of nitrogens with zero attached hydrogens (tertiary/aromatic N) is 4. The molecule has 0 aliphatic heterocycles. The number of H-pyrrole nitrogens is 1. The summed E-state index contributed by atoms with van der Waals surface area (Å²) in [4.78, 5) is 32.2. The number of fused-ring (bicyclic) bond motifs is 1. The lowest BCUT2D eigenvalue weighted by molar-refractivity contribution is 0.524. The average molecular weight is 379 g/mol. The quantitative estimate of drug-likeness (QED) is 0.681. The smallest absolute Gasteiger partial charge is 0.318 e. The lowest BCUT2D eigenvalue weighted by Crippen LogP contribution is -2.31. The molecular formula is C21H25N5O2. The van der Waals surface area contributed by atoms with Crippen molar-refractivity contribution in [1.29, 1.82) is 5.26 Å². The van der Waals surface area contributed by atoms with E-state index in [1.54, 1.807) is 12.1 Å². The van der Waals surface area contributed by atoms with Crippen molar-refractivity contribution < 1.29 is 0 Å². The Bertz CT molecular complexity index is 1140. The van der Waals surface area contributed by atoms with Crippen LogP contribution in [0.1, 0.15) is 45.6 Å². The van der Waals surface area contributed by atoms with Crippen LogP contribution in [0.15, 0.2) is 33.9 Å². The van der Waals surface area contributed by atoms with Crippen LogP contribution in [0.4, 0.5) is 0 Å². The molecule has 1 N–H and O–H groups in total. The number of rotatable bonds is 7. The van der Waals surface area contributed by atoms with Gasteiger partial charge in [0.1, 0.15) is 5.82 Å². The molecule has 0 bridgehead atoms. The first-order chi connectivity index (χ1) is 13.5. The zero-order chi connectivity index (χ0) is 20.3. The molecule has 0 saturated heterocycles. The third-order valence-electron chi connectivity index (χ3n) is 4.84. The van der Waals surface area contributed by atoms with Crippen LogP contribution in [0.3, 0.4) is 0 Å². The van der Waals surface area contributed by atoms with Crippen LogP contribution in [-0.4, -0.2) is 19.1 Å². The molecule has 0 saturated carbocycles. The summed E-state index contributed by atoms with van der Waals surface area (Å²) in [6, 6.07) is 9.40. The summed E-state index contributed by atoms with van der Waals surface area (Å²) in [5.74, 6) is 0.982. The average Bonchev–Trinajstić information content (AvgIpc) is 3.05. The van der Waals surface area contributed by atoms with E-state index in [1.165, 1.54) is 4.57 Å². The molecule has 0 amide bonds. The van der Waals surface area contributed by atoms with Gasteiger partial charge in [-0.05, 0) is 30.9 Å². The third-order valence-corrected chi connectivity index (χ3v) is 4.84. The van der Waals surface area contributed by atoms with Gasteiger partial charge in [-0.2, -0.15) is 5.26 Å². The van der Waals surface area contributed by atoms with E-state index in [0.29, 0.717) is 47.1 Å². The number of hydrogen-bond acceptors (Lipinski definition) is 4. The molecule has 3 rings (SSSR count). The summed E-state index contributed by atoms with van der Waals surface area (Å²) in [5, 5.41) is 9.52. The van der Waals surface area contributed by atoms with Gasteiger partial charge in [0.15, 0.2) is 11.2 Å². The minimum Gasteiger partial charge on any atom is -0.318 e. The summed E-state index contributed by atoms with van der Waals surface area (Å²) in [6.45, 7) is 7.35. The van der Waals surface area contributed by atoms with Crippen LogP contribution >= 0.6 is 0 Å². The molecule has 7 heteroatoms. The Hall–Kier alpha value is -3.14. The van der Waals surface area contributed by atoms with E-state index in [4.69, 9.17) is 4.98 Å². The maximum absolute atomic E-state index is 12.7. The lowest BCUT2D eigenvalue weighted by atomic mass is 10.1. The van der Waals surface area contributed by atoms with Crippen LogP contribution in [0.2, 0.25) is 0 Å². The first-order valence-electron chi connectivity index (χ1n) is 9.70. The maximum Gasteiger partial charge on any atom is 0.330 e. The fourth-order valence-corrected chi connectivity index (χ4v) is 3.28. The molecule has 0 aliphatic rings. The summed E-state index contributed by atoms with van der Waals surface area (Å²) >= 11 is 0. The molecule has 0 fully saturated rings. The van der Waals surface area contributed by atoms with Gasteiger partial charge in [0, 0.05) is 18.7 Å². The monoisotopic (exact) mass is 379 g/mol. The van der Waals surface area contributed by atoms with Crippen molar-refractivity contribution in [2.45, 2.75) is 53.1 Å². The number of imidazole rings is 1. The first kappa shape index (κ1) is 19.6. The van der Waals surface area contributed by atoms with Gasteiger partial charge in [-0.1, -0.05) is 39.3 Å². The Balaban J connectivity index is 2.35. The van der Waals surface area contributed by atoms with Crippen molar-refractivity contribution in [2.75, 3.05) is 0 Å². The Labute approximate surface area is 163 Å². The Morgan fingerprint density at radius 1 is 1.18 bits per heavy atom. The Kier molecular flexibility index (Phi) is 5.78. The van der Waals surface area contributed by atoms with Crippen LogP contribution in [-0.2, 0) is 13.1 Å². The number of nitriles is 1. The first-order valence-corrected chi connectivity index (χ1v) is 9.70. The van der Waals surface area contributed by atoms with Crippen molar-refractivity contribution in [1.82, 2.24) is 19.1 Å². The number of aromatic amines is 1. The summed E-state index contributed by atoms with van der Waals surface area (Å²) < 4.78 is 3.39. The zero-order valence-electron chi connectivity index (χ0n) is 16.5. The molecule has 2 heterocycles. The van der Waals surface area contributed by atoms with Crippen molar-refractivity contribution >= 4 is 11.2 Å². The summed E-state index contributed by atoms with van der Waals surface area (Å²) in [6.07, 6.45) is 2.58. The number of nitrogens with one attached hydrogen (secondary N) is 1. The zero-order valence-corrected chi connectivity index (χ0v) is 16.5. The van der Waals surface area contributed by atoms with Gasteiger partial charge in [-0.15, -0.1) is 0 Å². The van der Waals surface area contributed by atoms with E-state index in [2.05, 4.69) is 24.9 Å². The van der Waals surface area contributed by atoms with E-state index >= 15 is 0 Å². The normalized spacial score (nSPS) is 11.2. The summed E-state index contributed by atoms with van der Waals surface area (Å²) in [7, 11) is 0. The third kappa shape index (κ3) is 3.63. The highest BCUT2D eigenvalue weighted by Gasteiger charge is 2.21. The highest BCUT2D eigenvalue weighted by Crippen LogP contribution is 2.26. The highest BCUT2D eigenvalue weighted by atomic mass is 16.2. The number of aryl methyl sites for hydroxylation is 2. The fraction of sp³-hybridized carbons (Fsp3) is 0.429. The standard InChI is InChI=1S/C21H25N5O2/c1-4-5-11-26-19-17(20(27)24-21(26)28)25(12-10-14(2)3)18(23-19)16-9-7-6-8-15(16)13-22/h6-9,14H,4-5,10-12H2,1-3H3,(H,24,27,28). The number of hydrogen-bond donors (Lipinski definition) is 1. The number of benzene rings is 1. The van der Waals surface area contributed by atoms with Gasteiger partial charge in [0.2, 0.25) is 0 Å². The molecule has 7 nitrogen and oxygen atoms in total. The highest BCUT2D eigenvalue weighted by molar-refractivity contribution is 5.78. The van der Waals surface area contributed by atoms with Crippen molar-refractivity contribution in [3.63, 3.8) is 0 Å². The molecular weight excluding hydrogens is 354 g/mol. The predicted molar refractivity (Wildman–Crippen MR) is 109 cm³/mol. The van der Waals surface area contributed by atoms with E-state index in [1.807, 2.05) is 23.6 Å². The van der Waals surface area contributed by atoms with Crippen LogP contribution in [0.5, 0.6) is 0 Å². The number of unbranched alkanes of at least 4 members (excludes halogenated alkanes) is 1. The summed E-state index contributed by atoms with van der Waals surface area (Å²) in [5.41, 5.74) is 1.04. The molecule has 0 aliphatic carbocycles. The molecule has 0 spiro atoms. The molecule has 2 aromatic heterocycles. The van der Waals surface area contributed by atoms with E-state index in [9.17, 15) is 14.9 Å². The molecule has 0 unspecified atom stereocenters. The predicted octanol–water partition coefficient (Wildman–Crippen LogP) is 3.27. The van der Waals surface area contributed by atoms with Gasteiger partial charge in [0.05, 0.1) is 11.6 Å². The lowest BCUT2D eigenvalue weighted by Gasteiger charge is -2.11. The molecule has 1 aromatic carbocycles. The van der Waals surface area contributed by atoms with Crippen LogP contribution in [0, 0.1) is 17.2 Å². The van der Waals surface area contributed by atoms with Gasteiger partial charge in [-0.25, -0.2) is 9.78 Å². The largest absolute Gasteiger partial charge is 0.330 e. The van der Waals surface area contributed by atoms with Gasteiger partial charge in [0.25, 0.3) is 5.56 Å². The minimum absolute atomic E-state index is 0.383. The molecule has 146 valence electrons. The molecule has 0 atom stereocenters. The van der Waals surface area contributed by atoms with Crippen LogP contribution in [0.25, 0.3) is 22.6 Å². The second-order valence-electron chi connectivity index (χ2n) is 7.36. The van der Waals surface area contributed by atoms with Crippen LogP contribution < -0.4 is 11.2 Å². The Morgan fingerprint density at radius 2 is 1.93 bits per heavy atom. The second kappa shape index (κ2) is 8.26. The number of aromatic nitrogens is 4. The minimum atomic E-state index is -0.445. The van der Waals surface area contributed by atoms with Gasteiger partial charge < -0.3 is 4.57 Å². The molecule has 3 aromatic rings. The van der Waals surface area contributed by atoms with Crippen molar-refractivity contribution in [2.24, 2.45) is 5.92 Å².